The van der Waals surface area contributed by atoms with Gasteiger partial charge in [0.1, 0.15) is 5.82 Å². The maximum atomic E-state index is 13.7. The summed E-state index contributed by atoms with van der Waals surface area (Å²) in [7, 11) is 5.04. The van der Waals surface area contributed by atoms with E-state index in [9.17, 15) is 8.78 Å². The number of imidazole rings is 1. The van der Waals surface area contributed by atoms with Gasteiger partial charge in [0, 0.05) is 12.1 Å². The molecule has 1 heterocycles. The van der Waals surface area contributed by atoms with Crippen LogP contribution in [-0.2, 0) is 6.54 Å². The lowest BCUT2D eigenvalue weighted by atomic mass is 10.1. The summed E-state index contributed by atoms with van der Waals surface area (Å²) >= 11 is 0. The Morgan fingerprint density at radius 3 is 2.48 bits per heavy atom. The molecule has 0 saturated carbocycles. The van der Waals surface area contributed by atoms with Gasteiger partial charge in [0.15, 0.2) is 11.5 Å². The van der Waals surface area contributed by atoms with Crippen LogP contribution in [0.1, 0.15) is 30.9 Å². The Morgan fingerprint density at radius 2 is 1.81 bits per heavy atom. The van der Waals surface area contributed by atoms with Crippen LogP contribution >= 0.6 is 0 Å². The van der Waals surface area contributed by atoms with E-state index < -0.39 is 6.55 Å². The molecule has 27 heavy (non-hydrogen) atoms. The molecule has 0 spiro atoms. The number of alkyl halides is 2. The average molecular weight is 375 g/mol. The summed E-state index contributed by atoms with van der Waals surface area (Å²) in [5.41, 5.74) is 1.90. The van der Waals surface area contributed by atoms with Crippen LogP contribution in [0.3, 0.4) is 0 Å². The summed E-state index contributed by atoms with van der Waals surface area (Å²) in [4.78, 5) is 6.41. The quantitative estimate of drug-likeness (QED) is 0.603. The number of benzene rings is 2. The Labute approximate surface area is 157 Å². The number of hydrogen-bond acceptors (Lipinski definition) is 4. The zero-order valence-corrected chi connectivity index (χ0v) is 15.8. The highest BCUT2D eigenvalue weighted by atomic mass is 19.3. The first kappa shape index (κ1) is 19.1. The van der Waals surface area contributed by atoms with Crippen molar-refractivity contribution in [3.63, 3.8) is 0 Å². The van der Waals surface area contributed by atoms with Crippen molar-refractivity contribution in [1.82, 2.24) is 14.5 Å². The molecule has 0 N–H and O–H groups in total. The van der Waals surface area contributed by atoms with Crippen LogP contribution in [0.4, 0.5) is 8.78 Å². The molecule has 3 rings (SSSR count). The van der Waals surface area contributed by atoms with E-state index in [0.717, 1.165) is 10.1 Å². The molecule has 3 aromatic rings. The highest BCUT2D eigenvalue weighted by Crippen LogP contribution is 2.34. The minimum atomic E-state index is -2.66. The summed E-state index contributed by atoms with van der Waals surface area (Å²) in [5, 5.41) is 0. The van der Waals surface area contributed by atoms with Crippen LogP contribution in [-0.4, -0.2) is 35.7 Å². The predicted octanol–water partition coefficient (Wildman–Crippen LogP) is 4.64. The van der Waals surface area contributed by atoms with Gasteiger partial charge < -0.3 is 9.47 Å². The van der Waals surface area contributed by atoms with E-state index in [2.05, 4.69) is 4.98 Å². The van der Waals surface area contributed by atoms with Crippen molar-refractivity contribution >= 4 is 11.0 Å². The maximum Gasteiger partial charge on any atom is 0.320 e. The number of hydrogen-bond donors (Lipinski definition) is 0. The van der Waals surface area contributed by atoms with Gasteiger partial charge in [-0.3, -0.25) is 9.47 Å². The van der Waals surface area contributed by atoms with Gasteiger partial charge in [-0.05, 0) is 32.2 Å². The van der Waals surface area contributed by atoms with Crippen molar-refractivity contribution in [2.45, 2.75) is 26.1 Å². The molecule has 0 unspecified atom stereocenters. The second kappa shape index (κ2) is 7.92. The highest BCUT2D eigenvalue weighted by Gasteiger charge is 2.25. The van der Waals surface area contributed by atoms with E-state index in [1.807, 2.05) is 37.1 Å². The number of nitrogens with zero attached hydrogens (tertiary/aromatic N) is 3. The van der Waals surface area contributed by atoms with E-state index in [1.165, 1.54) is 0 Å². The molecule has 0 fully saturated rings. The smallest absolute Gasteiger partial charge is 0.320 e. The molecule has 7 heteroatoms. The molecule has 0 saturated heterocycles. The molecule has 0 amide bonds. The van der Waals surface area contributed by atoms with Crippen molar-refractivity contribution in [3.8, 4) is 11.5 Å². The standard InChI is InChI=1S/C20H23F2N3O2/c1-13(19-23-15-9-5-6-10-16(15)25(19)20(21)22)24(2)12-14-8-7-11-17(26-3)18(14)27-4/h5-11,13,20H,12H2,1-4H3/t13-/m1/s1. The van der Waals surface area contributed by atoms with Crippen LogP contribution in [0.15, 0.2) is 42.5 Å². The number of para-hydroxylation sites is 3. The van der Waals surface area contributed by atoms with E-state index in [-0.39, 0.29) is 6.04 Å². The molecule has 0 aliphatic carbocycles. The molecule has 0 radical (unpaired) electrons. The third-order valence-electron chi connectivity index (χ3n) is 4.76. The minimum Gasteiger partial charge on any atom is -0.493 e. The van der Waals surface area contributed by atoms with Crippen molar-refractivity contribution < 1.29 is 18.3 Å². The van der Waals surface area contributed by atoms with Crippen LogP contribution in [0.2, 0.25) is 0 Å². The topological polar surface area (TPSA) is 39.5 Å². The fourth-order valence-electron chi connectivity index (χ4n) is 3.24. The van der Waals surface area contributed by atoms with E-state index in [1.54, 1.807) is 38.5 Å². The number of rotatable bonds is 7. The minimum absolute atomic E-state index is 0.329. The monoisotopic (exact) mass is 375 g/mol. The molecule has 0 aliphatic rings. The largest absolute Gasteiger partial charge is 0.493 e. The molecule has 2 aromatic carbocycles. The lowest BCUT2D eigenvalue weighted by molar-refractivity contribution is 0.0657. The second-order valence-corrected chi connectivity index (χ2v) is 6.35. The molecule has 0 bridgehead atoms. The number of fused-ring (bicyclic) bond motifs is 1. The third-order valence-corrected chi connectivity index (χ3v) is 4.76. The van der Waals surface area contributed by atoms with Crippen molar-refractivity contribution in [2.24, 2.45) is 0 Å². The summed E-state index contributed by atoms with van der Waals surface area (Å²) in [6.45, 7) is -0.296. The number of halogens is 2. The van der Waals surface area contributed by atoms with Crippen LogP contribution in [0.25, 0.3) is 11.0 Å². The summed E-state index contributed by atoms with van der Waals surface area (Å²) < 4.78 is 39.3. The van der Waals surface area contributed by atoms with Crippen molar-refractivity contribution in [2.75, 3.05) is 21.3 Å². The predicted molar refractivity (Wildman–Crippen MR) is 100 cm³/mol. The van der Waals surface area contributed by atoms with E-state index >= 15 is 0 Å². The summed E-state index contributed by atoms with van der Waals surface area (Å²) in [6, 6.07) is 12.2. The Hall–Kier alpha value is -2.67. The number of aromatic nitrogens is 2. The first-order valence-corrected chi connectivity index (χ1v) is 8.63. The molecular weight excluding hydrogens is 352 g/mol. The molecule has 0 aliphatic heterocycles. The van der Waals surface area contributed by atoms with Gasteiger partial charge in [0.05, 0.1) is 31.3 Å². The normalized spacial score (nSPS) is 12.7. The Bertz CT molecular complexity index is 927. The second-order valence-electron chi connectivity index (χ2n) is 6.35. The van der Waals surface area contributed by atoms with Crippen LogP contribution in [0, 0.1) is 0 Å². The van der Waals surface area contributed by atoms with Crippen LogP contribution in [0.5, 0.6) is 11.5 Å². The van der Waals surface area contributed by atoms with Gasteiger partial charge in [0.25, 0.3) is 0 Å². The van der Waals surface area contributed by atoms with Gasteiger partial charge in [0.2, 0.25) is 0 Å². The molecular formula is C20H23F2N3O2. The summed E-state index contributed by atoms with van der Waals surface area (Å²) in [6.07, 6.45) is 0. The molecule has 1 atom stereocenters. The summed E-state index contributed by atoms with van der Waals surface area (Å²) in [5.74, 6) is 1.60. The van der Waals surface area contributed by atoms with Crippen molar-refractivity contribution in [1.29, 1.82) is 0 Å². The molecule has 5 nitrogen and oxygen atoms in total. The first-order chi connectivity index (χ1) is 13.0. The Kier molecular flexibility index (Phi) is 5.60. The van der Waals surface area contributed by atoms with E-state index in [4.69, 9.17) is 9.47 Å². The van der Waals surface area contributed by atoms with Crippen LogP contribution < -0.4 is 9.47 Å². The number of ether oxygens (including phenoxy) is 2. The SMILES string of the molecule is COc1cccc(CN(C)[C@H](C)c2nc3ccccc3n2C(F)F)c1OC. The van der Waals surface area contributed by atoms with Gasteiger partial charge in [-0.15, -0.1) is 0 Å². The Morgan fingerprint density at radius 1 is 1.07 bits per heavy atom. The average Bonchev–Trinajstić information content (AvgIpc) is 3.06. The van der Waals surface area contributed by atoms with Crippen molar-refractivity contribution in [3.05, 3.63) is 53.9 Å². The zero-order chi connectivity index (χ0) is 19.6. The fraction of sp³-hybridized carbons (Fsp3) is 0.350. The number of methoxy groups -OCH3 is 2. The molecule has 1 aromatic heterocycles. The van der Waals surface area contributed by atoms with E-state index in [0.29, 0.717) is 34.9 Å². The van der Waals surface area contributed by atoms with Gasteiger partial charge >= 0.3 is 6.55 Å². The zero-order valence-electron chi connectivity index (χ0n) is 15.8. The fourth-order valence-corrected chi connectivity index (χ4v) is 3.24. The third kappa shape index (κ3) is 3.60. The van der Waals surface area contributed by atoms with Gasteiger partial charge in [-0.2, -0.15) is 8.78 Å². The van der Waals surface area contributed by atoms with Gasteiger partial charge in [-0.1, -0.05) is 24.3 Å². The highest BCUT2D eigenvalue weighted by molar-refractivity contribution is 5.76. The maximum absolute atomic E-state index is 13.7. The first-order valence-electron chi connectivity index (χ1n) is 8.63. The lowest BCUT2D eigenvalue weighted by Crippen LogP contribution is -2.25. The lowest BCUT2D eigenvalue weighted by Gasteiger charge is -2.26. The Balaban J connectivity index is 1.94. The molecule has 144 valence electrons. The van der Waals surface area contributed by atoms with Gasteiger partial charge in [-0.25, -0.2) is 4.98 Å².